The fourth-order valence-corrected chi connectivity index (χ4v) is 3.52. The first-order valence-electron chi connectivity index (χ1n) is 7.99. The highest BCUT2D eigenvalue weighted by Gasteiger charge is 2.35. The van der Waals surface area contributed by atoms with E-state index in [1.54, 1.807) is 0 Å². The second kappa shape index (κ2) is 8.52. The van der Waals surface area contributed by atoms with E-state index >= 15 is 0 Å². The van der Waals surface area contributed by atoms with Gasteiger partial charge in [-0.15, -0.1) is 11.8 Å². The van der Waals surface area contributed by atoms with E-state index < -0.39 is 23.0 Å². The number of hydrogen-bond acceptors (Lipinski definition) is 5. The molecule has 0 atom stereocenters. The molecule has 30 heavy (non-hydrogen) atoms. The predicted octanol–water partition coefficient (Wildman–Crippen LogP) is 6.67. The molecular formula is C18H9Cl2F5N2O2S. The fraction of sp³-hybridized carbons (Fsp3) is 0.167. The summed E-state index contributed by atoms with van der Waals surface area (Å²) in [6.07, 6.45) is -4.51. The van der Waals surface area contributed by atoms with Crippen molar-refractivity contribution in [2.75, 3.05) is 5.75 Å². The molecule has 0 aliphatic carbocycles. The number of halogens is 7. The van der Waals surface area contributed by atoms with Crippen molar-refractivity contribution >= 4 is 40.7 Å². The van der Waals surface area contributed by atoms with Crippen molar-refractivity contribution in [2.45, 2.75) is 16.5 Å². The third-order valence-electron chi connectivity index (χ3n) is 3.75. The molecule has 0 spiro atoms. The third kappa shape index (κ3) is 5.30. The molecule has 158 valence electrons. The van der Waals surface area contributed by atoms with Crippen LogP contribution in [0.25, 0.3) is 11.4 Å². The summed E-state index contributed by atoms with van der Waals surface area (Å²) in [5.41, 5.74) is -0.267. The van der Waals surface area contributed by atoms with Crippen LogP contribution in [0, 0.1) is 0 Å². The average molecular weight is 483 g/mol. The maximum atomic E-state index is 12.9. The molecule has 0 fully saturated rings. The molecule has 1 aromatic heterocycles. The molecule has 3 rings (SSSR count). The molecular weight excluding hydrogens is 474 g/mol. The lowest BCUT2D eigenvalue weighted by Gasteiger charge is -2.09. The Bertz CT molecular complexity index is 1070. The van der Waals surface area contributed by atoms with Crippen LogP contribution in [-0.2, 0) is 11.6 Å². The van der Waals surface area contributed by atoms with E-state index in [-0.39, 0.29) is 22.4 Å². The fourth-order valence-electron chi connectivity index (χ4n) is 2.28. The van der Waals surface area contributed by atoms with Crippen molar-refractivity contribution in [3.8, 4) is 11.4 Å². The zero-order valence-corrected chi connectivity index (χ0v) is 16.8. The highest BCUT2D eigenvalue weighted by atomic mass is 35.5. The van der Waals surface area contributed by atoms with Crippen LogP contribution in [0.5, 0.6) is 0 Å². The number of benzene rings is 2. The molecule has 0 amide bonds. The Morgan fingerprint density at radius 2 is 1.73 bits per heavy atom. The molecule has 3 aromatic rings. The quantitative estimate of drug-likeness (QED) is 0.170. The van der Waals surface area contributed by atoms with Gasteiger partial charge in [-0.25, -0.2) is 0 Å². The Hall–Kier alpha value is -2.17. The van der Waals surface area contributed by atoms with Gasteiger partial charge in [-0.1, -0.05) is 41.0 Å². The molecule has 0 radical (unpaired) electrons. The Labute approximate surface area is 180 Å². The van der Waals surface area contributed by atoms with Gasteiger partial charge in [0.1, 0.15) is 0 Å². The summed E-state index contributed by atoms with van der Waals surface area (Å²) in [6.45, 7) is 0. The SMILES string of the molecule is O=C(CSc1ccc(C(F)(F)F)cc1Cl)c1ccc(-c2noc(C(F)(F)Cl)n2)cc1. The van der Waals surface area contributed by atoms with Gasteiger partial charge in [0, 0.05) is 16.0 Å². The zero-order valence-electron chi connectivity index (χ0n) is 14.5. The molecule has 0 saturated carbocycles. The van der Waals surface area contributed by atoms with Gasteiger partial charge in [-0.05, 0) is 29.8 Å². The predicted molar refractivity (Wildman–Crippen MR) is 101 cm³/mol. The van der Waals surface area contributed by atoms with Gasteiger partial charge < -0.3 is 4.52 Å². The number of hydrogen-bond donors (Lipinski definition) is 0. The second-order valence-electron chi connectivity index (χ2n) is 5.85. The minimum atomic E-state index is -4.51. The zero-order chi connectivity index (χ0) is 22.1. The number of rotatable bonds is 6. The summed E-state index contributed by atoms with van der Waals surface area (Å²) in [7, 11) is 0. The number of ketones is 1. The Balaban J connectivity index is 1.66. The van der Waals surface area contributed by atoms with Gasteiger partial charge in [0.2, 0.25) is 5.82 Å². The molecule has 12 heteroatoms. The van der Waals surface area contributed by atoms with E-state index in [1.165, 1.54) is 30.3 Å². The highest BCUT2D eigenvalue weighted by molar-refractivity contribution is 8.00. The number of nitrogens with zero attached hydrogens (tertiary/aromatic N) is 2. The van der Waals surface area contributed by atoms with Crippen LogP contribution in [0.3, 0.4) is 0 Å². The van der Waals surface area contributed by atoms with E-state index in [2.05, 4.69) is 14.7 Å². The molecule has 0 aliphatic heterocycles. The first-order valence-corrected chi connectivity index (χ1v) is 9.73. The van der Waals surface area contributed by atoms with Crippen molar-refractivity contribution in [3.05, 3.63) is 64.5 Å². The number of carbonyl (C=O) groups is 1. The standard InChI is InChI=1S/C18H9Cl2F5N2O2S/c19-12-7-11(18(23,24)25)5-6-14(12)30-8-13(28)9-1-3-10(4-2-9)15-26-16(29-27-15)17(20,21)22/h1-7H,8H2. The van der Waals surface area contributed by atoms with Crippen LogP contribution in [0.15, 0.2) is 51.9 Å². The largest absolute Gasteiger partial charge is 0.416 e. The summed E-state index contributed by atoms with van der Waals surface area (Å²) >= 11 is 11.7. The Morgan fingerprint density at radius 1 is 1.07 bits per heavy atom. The Morgan fingerprint density at radius 3 is 2.27 bits per heavy atom. The Kier molecular flexibility index (Phi) is 6.40. The first-order chi connectivity index (χ1) is 13.9. The van der Waals surface area contributed by atoms with Crippen molar-refractivity contribution < 1.29 is 31.3 Å². The first kappa shape index (κ1) is 22.5. The molecule has 2 aromatic carbocycles. The molecule has 0 aliphatic rings. The van der Waals surface area contributed by atoms with Crippen molar-refractivity contribution in [2.24, 2.45) is 0 Å². The smallest absolute Gasteiger partial charge is 0.331 e. The second-order valence-corrected chi connectivity index (χ2v) is 7.75. The summed E-state index contributed by atoms with van der Waals surface area (Å²) in [4.78, 5) is 16.2. The van der Waals surface area contributed by atoms with Crippen LogP contribution >= 0.6 is 35.0 Å². The number of Topliss-reactive ketones (excluding diaryl/α,β-unsaturated/α-hetero) is 1. The van der Waals surface area contributed by atoms with Gasteiger partial charge in [0.05, 0.1) is 16.3 Å². The summed E-state index contributed by atoms with van der Waals surface area (Å²) in [6, 6.07) is 8.62. The lowest BCUT2D eigenvalue weighted by Crippen LogP contribution is -2.05. The van der Waals surface area contributed by atoms with E-state index in [0.29, 0.717) is 16.0 Å². The van der Waals surface area contributed by atoms with Crippen LogP contribution in [0.4, 0.5) is 22.0 Å². The van der Waals surface area contributed by atoms with Gasteiger partial charge >= 0.3 is 17.4 Å². The van der Waals surface area contributed by atoms with Gasteiger partial charge in [0.15, 0.2) is 5.78 Å². The molecule has 0 unspecified atom stereocenters. The van der Waals surface area contributed by atoms with Crippen LogP contribution in [-0.4, -0.2) is 21.7 Å². The summed E-state index contributed by atoms with van der Waals surface area (Å²) < 4.78 is 68.3. The van der Waals surface area contributed by atoms with Gasteiger partial charge in [0.25, 0.3) is 0 Å². The minimum absolute atomic E-state index is 0.0741. The number of thioether (sulfide) groups is 1. The van der Waals surface area contributed by atoms with Crippen molar-refractivity contribution in [3.63, 3.8) is 0 Å². The molecule has 0 bridgehead atoms. The van der Waals surface area contributed by atoms with Crippen molar-refractivity contribution in [1.82, 2.24) is 10.1 Å². The topological polar surface area (TPSA) is 56.0 Å². The lowest BCUT2D eigenvalue weighted by molar-refractivity contribution is -0.137. The molecule has 4 nitrogen and oxygen atoms in total. The van der Waals surface area contributed by atoms with Crippen LogP contribution < -0.4 is 0 Å². The lowest BCUT2D eigenvalue weighted by atomic mass is 10.1. The number of carbonyl (C=O) groups excluding carboxylic acids is 1. The van der Waals surface area contributed by atoms with Crippen LogP contribution in [0.2, 0.25) is 5.02 Å². The molecule has 0 N–H and O–H groups in total. The molecule has 1 heterocycles. The monoisotopic (exact) mass is 482 g/mol. The van der Waals surface area contributed by atoms with Crippen LogP contribution in [0.1, 0.15) is 21.8 Å². The van der Waals surface area contributed by atoms with Crippen molar-refractivity contribution in [1.29, 1.82) is 0 Å². The highest BCUT2D eigenvalue weighted by Crippen LogP contribution is 2.35. The summed E-state index contributed by atoms with van der Waals surface area (Å²) in [5, 5.41) is -0.500. The van der Waals surface area contributed by atoms with E-state index in [4.69, 9.17) is 23.2 Å². The maximum Gasteiger partial charge on any atom is 0.416 e. The minimum Gasteiger partial charge on any atom is -0.331 e. The average Bonchev–Trinajstić information content (AvgIpc) is 3.17. The number of aromatic nitrogens is 2. The van der Waals surface area contributed by atoms with E-state index in [0.717, 1.165) is 23.9 Å². The maximum absolute atomic E-state index is 12.9. The molecule has 0 saturated heterocycles. The summed E-state index contributed by atoms with van der Waals surface area (Å²) in [5.74, 6) is -1.57. The van der Waals surface area contributed by atoms with Gasteiger partial charge in [-0.2, -0.15) is 26.9 Å². The van der Waals surface area contributed by atoms with Gasteiger partial charge in [-0.3, -0.25) is 4.79 Å². The third-order valence-corrected chi connectivity index (χ3v) is 5.41. The number of alkyl halides is 6. The van der Waals surface area contributed by atoms with E-state index in [1.807, 2.05) is 0 Å². The van der Waals surface area contributed by atoms with E-state index in [9.17, 15) is 26.7 Å². The normalized spacial score (nSPS) is 12.2.